The molecule has 2 amide bonds. The number of carbonyl (C=O) groups is 2. The summed E-state index contributed by atoms with van der Waals surface area (Å²) in [6, 6.07) is 18.2. The van der Waals surface area contributed by atoms with Crippen LogP contribution >= 0.6 is 23.2 Å². The summed E-state index contributed by atoms with van der Waals surface area (Å²) in [5.74, 6) is -1.13. The first-order valence-electron chi connectivity index (χ1n) is 9.50. The lowest BCUT2D eigenvalue weighted by Gasteiger charge is -2.09. The number of benzene rings is 3. The molecule has 0 saturated heterocycles. The van der Waals surface area contributed by atoms with Crippen LogP contribution in [-0.2, 0) is 9.59 Å². The quantitative estimate of drug-likeness (QED) is 0.333. The Bertz CT molecular complexity index is 1250. The number of amides is 2. The van der Waals surface area contributed by atoms with E-state index in [0.29, 0.717) is 32.7 Å². The number of rotatable bonds is 7. The highest BCUT2D eigenvalue weighted by molar-refractivity contribution is 6.42. The average Bonchev–Trinajstić information content (AvgIpc) is 2.80. The Labute approximate surface area is 199 Å². The molecule has 3 rings (SSSR count). The summed E-state index contributed by atoms with van der Waals surface area (Å²) in [6.07, 6.45) is 1.38. The summed E-state index contributed by atoms with van der Waals surface area (Å²) in [7, 11) is 0. The fourth-order valence-electron chi connectivity index (χ4n) is 2.66. The number of nitrogens with zero attached hydrogens (tertiary/aromatic N) is 1. The van der Waals surface area contributed by atoms with Crippen molar-refractivity contribution in [3.8, 4) is 11.8 Å². The number of nitrogens with one attached hydrogen (secondary N) is 2. The standard InChI is InChI=1S/C24H16Cl2FN3O3/c25-21-9-8-19(12-22(21)26)29-23(31)14-33-20-3-1-2-15(11-20)10-16(13-28)24(32)30-18-6-4-17(27)5-7-18/h1-12H,14H2,(H,29,31)(H,30,32)/b16-10+. The Morgan fingerprint density at radius 1 is 0.970 bits per heavy atom. The molecule has 0 unspecified atom stereocenters. The molecule has 2 N–H and O–H groups in total. The molecule has 0 radical (unpaired) electrons. The van der Waals surface area contributed by atoms with Crippen molar-refractivity contribution >= 4 is 52.5 Å². The molecule has 3 aromatic carbocycles. The molecule has 9 heteroatoms. The molecule has 3 aromatic rings. The predicted octanol–water partition coefficient (Wildman–Crippen LogP) is 5.70. The Kier molecular flexibility index (Phi) is 8.03. The third-order valence-corrected chi connectivity index (χ3v) is 4.95. The van der Waals surface area contributed by atoms with Crippen molar-refractivity contribution in [2.24, 2.45) is 0 Å². The molecule has 0 fully saturated rings. The van der Waals surface area contributed by atoms with Gasteiger partial charge in [-0.1, -0.05) is 35.3 Å². The zero-order valence-electron chi connectivity index (χ0n) is 16.9. The highest BCUT2D eigenvalue weighted by atomic mass is 35.5. The molecule has 0 aromatic heterocycles. The van der Waals surface area contributed by atoms with Gasteiger partial charge in [0.1, 0.15) is 23.2 Å². The number of halogens is 3. The van der Waals surface area contributed by atoms with Crippen LogP contribution in [0.2, 0.25) is 10.0 Å². The van der Waals surface area contributed by atoms with Crippen LogP contribution in [0.5, 0.6) is 5.75 Å². The normalized spacial score (nSPS) is 10.8. The molecule has 166 valence electrons. The maximum Gasteiger partial charge on any atom is 0.266 e. The topological polar surface area (TPSA) is 91.2 Å². The van der Waals surface area contributed by atoms with E-state index in [0.717, 1.165) is 0 Å². The minimum Gasteiger partial charge on any atom is -0.484 e. The van der Waals surface area contributed by atoms with E-state index in [4.69, 9.17) is 27.9 Å². The van der Waals surface area contributed by atoms with E-state index < -0.39 is 17.6 Å². The van der Waals surface area contributed by atoms with E-state index in [1.54, 1.807) is 36.4 Å². The second kappa shape index (κ2) is 11.1. The van der Waals surface area contributed by atoms with Crippen molar-refractivity contribution in [1.82, 2.24) is 0 Å². The first-order valence-corrected chi connectivity index (χ1v) is 10.3. The van der Waals surface area contributed by atoms with Crippen LogP contribution < -0.4 is 15.4 Å². The van der Waals surface area contributed by atoms with E-state index >= 15 is 0 Å². The second-order valence-corrected chi connectivity index (χ2v) is 7.48. The Morgan fingerprint density at radius 2 is 1.70 bits per heavy atom. The van der Waals surface area contributed by atoms with Gasteiger partial charge >= 0.3 is 0 Å². The summed E-state index contributed by atoms with van der Waals surface area (Å²) in [5, 5.41) is 15.2. The fourth-order valence-corrected chi connectivity index (χ4v) is 2.96. The number of nitriles is 1. The predicted molar refractivity (Wildman–Crippen MR) is 126 cm³/mol. The van der Waals surface area contributed by atoms with Crippen LogP contribution in [0, 0.1) is 17.1 Å². The fraction of sp³-hybridized carbons (Fsp3) is 0.0417. The van der Waals surface area contributed by atoms with Crippen LogP contribution in [0.1, 0.15) is 5.56 Å². The van der Waals surface area contributed by atoms with Gasteiger partial charge in [-0.2, -0.15) is 5.26 Å². The third kappa shape index (κ3) is 7.07. The number of carbonyl (C=O) groups excluding carboxylic acids is 2. The van der Waals surface area contributed by atoms with E-state index in [1.165, 1.54) is 36.4 Å². The highest BCUT2D eigenvalue weighted by Gasteiger charge is 2.11. The molecule has 0 aliphatic carbocycles. The number of hydrogen-bond donors (Lipinski definition) is 2. The maximum atomic E-state index is 13.0. The van der Waals surface area contributed by atoms with Crippen LogP contribution in [-0.4, -0.2) is 18.4 Å². The van der Waals surface area contributed by atoms with Crippen LogP contribution in [0.4, 0.5) is 15.8 Å². The van der Waals surface area contributed by atoms with Gasteiger partial charge in [-0.05, 0) is 66.2 Å². The van der Waals surface area contributed by atoms with Gasteiger partial charge in [-0.3, -0.25) is 9.59 Å². The number of anilines is 2. The molecule has 0 spiro atoms. The molecule has 6 nitrogen and oxygen atoms in total. The minimum atomic E-state index is -0.642. The number of ether oxygens (including phenoxy) is 1. The molecule has 0 atom stereocenters. The highest BCUT2D eigenvalue weighted by Crippen LogP contribution is 2.25. The molecule has 0 heterocycles. The van der Waals surface area contributed by atoms with Crippen molar-refractivity contribution in [1.29, 1.82) is 5.26 Å². The van der Waals surface area contributed by atoms with Gasteiger partial charge in [0.15, 0.2) is 6.61 Å². The lowest BCUT2D eigenvalue weighted by Crippen LogP contribution is -2.20. The van der Waals surface area contributed by atoms with Crippen LogP contribution in [0.3, 0.4) is 0 Å². The van der Waals surface area contributed by atoms with Crippen molar-refractivity contribution in [3.63, 3.8) is 0 Å². The molecule has 0 aliphatic heterocycles. The molecule has 0 saturated carbocycles. The van der Waals surface area contributed by atoms with E-state index in [1.807, 2.05) is 6.07 Å². The summed E-state index contributed by atoms with van der Waals surface area (Å²) in [4.78, 5) is 24.5. The second-order valence-electron chi connectivity index (χ2n) is 6.67. The van der Waals surface area contributed by atoms with Gasteiger partial charge in [-0.15, -0.1) is 0 Å². The molecule has 0 bridgehead atoms. The van der Waals surface area contributed by atoms with Crippen molar-refractivity contribution in [2.75, 3.05) is 17.2 Å². The van der Waals surface area contributed by atoms with Crippen molar-refractivity contribution in [3.05, 3.63) is 93.7 Å². The minimum absolute atomic E-state index is 0.158. The summed E-state index contributed by atoms with van der Waals surface area (Å²) in [5.41, 5.74) is 1.19. The summed E-state index contributed by atoms with van der Waals surface area (Å²) in [6.45, 7) is -0.274. The average molecular weight is 484 g/mol. The molecular formula is C24H16Cl2FN3O3. The van der Waals surface area contributed by atoms with Gasteiger partial charge in [0.2, 0.25) is 0 Å². The first-order chi connectivity index (χ1) is 15.8. The number of hydrogen-bond acceptors (Lipinski definition) is 4. The smallest absolute Gasteiger partial charge is 0.266 e. The maximum absolute atomic E-state index is 13.0. The SMILES string of the molecule is N#C/C(=C\c1cccc(OCC(=O)Nc2ccc(Cl)c(Cl)c2)c1)C(=O)Nc1ccc(F)cc1. The van der Waals surface area contributed by atoms with Crippen LogP contribution in [0.15, 0.2) is 72.3 Å². The summed E-state index contributed by atoms with van der Waals surface area (Å²) < 4.78 is 18.5. The first kappa shape index (κ1) is 23.8. The Balaban J connectivity index is 1.62. The summed E-state index contributed by atoms with van der Waals surface area (Å²) >= 11 is 11.8. The Morgan fingerprint density at radius 3 is 2.39 bits per heavy atom. The van der Waals surface area contributed by atoms with Crippen molar-refractivity contribution in [2.45, 2.75) is 0 Å². The van der Waals surface area contributed by atoms with E-state index in [-0.39, 0.29) is 12.2 Å². The zero-order valence-corrected chi connectivity index (χ0v) is 18.5. The van der Waals surface area contributed by atoms with Gasteiger partial charge < -0.3 is 15.4 Å². The van der Waals surface area contributed by atoms with E-state index in [2.05, 4.69) is 10.6 Å². The van der Waals surface area contributed by atoms with Gasteiger partial charge in [0.05, 0.1) is 10.0 Å². The van der Waals surface area contributed by atoms with Gasteiger partial charge in [0, 0.05) is 11.4 Å². The van der Waals surface area contributed by atoms with Gasteiger partial charge in [0.25, 0.3) is 11.8 Å². The van der Waals surface area contributed by atoms with Crippen LogP contribution in [0.25, 0.3) is 6.08 Å². The van der Waals surface area contributed by atoms with Crippen molar-refractivity contribution < 1.29 is 18.7 Å². The lowest BCUT2D eigenvalue weighted by molar-refractivity contribution is -0.118. The zero-order chi connectivity index (χ0) is 23.8. The molecular weight excluding hydrogens is 468 g/mol. The molecule has 33 heavy (non-hydrogen) atoms. The third-order valence-electron chi connectivity index (χ3n) is 4.21. The lowest BCUT2D eigenvalue weighted by atomic mass is 10.1. The monoisotopic (exact) mass is 483 g/mol. The largest absolute Gasteiger partial charge is 0.484 e. The van der Waals surface area contributed by atoms with Gasteiger partial charge in [-0.25, -0.2) is 4.39 Å². The van der Waals surface area contributed by atoms with E-state index in [9.17, 15) is 19.2 Å². The molecule has 0 aliphatic rings. The Hall–Kier alpha value is -3.86.